The molecule has 0 radical (unpaired) electrons. The average Bonchev–Trinajstić information content (AvgIpc) is 2.36. The summed E-state index contributed by atoms with van der Waals surface area (Å²) in [6, 6.07) is 6.41. The fourth-order valence-corrected chi connectivity index (χ4v) is 2.15. The molecule has 0 aromatic heterocycles. The zero-order chi connectivity index (χ0) is 13.0. The van der Waals surface area contributed by atoms with Crippen molar-refractivity contribution < 1.29 is 13.9 Å². The molecule has 4 heteroatoms. The van der Waals surface area contributed by atoms with E-state index in [9.17, 15) is 9.18 Å². The van der Waals surface area contributed by atoms with Gasteiger partial charge in [0, 0.05) is 19.5 Å². The van der Waals surface area contributed by atoms with Gasteiger partial charge in [0.05, 0.1) is 12.7 Å². The van der Waals surface area contributed by atoms with Gasteiger partial charge in [-0.3, -0.25) is 4.79 Å². The van der Waals surface area contributed by atoms with E-state index in [1.54, 1.807) is 6.07 Å². The van der Waals surface area contributed by atoms with Gasteiger partial charge in [0.25, 0.3) is 0 Å². The van der Waals surface area contributed by atoms with Crippen molar-refractivity contribution in [3.63, 3.8) is 0 Å². The summed E-state index contributed by atoms with van der Waals surface area (Å²) in [5.74, 6) is -0.130. The van der Waals surface area contributed by atoms with Gasteiger partial charge in [-0.05, 0) is 31.0 Å². The lowest BCUT2D eigenvalue weighted by atomic mass is 10.1. The number of amides is 1. The van der Waals surface area contributed by atoms with Gasteiger partial charge in [0.2, 0.25) is 5.91 Å². The Labute approximate surface area is 107 Å². The van der Waals surface area contributed by atoms with Crippen LogP contribution >= 0.6 is 0 Å². The maximum absolute atomic E-state index is 13.0. The molecule has 1 aliphatic rings. The minimum absolute atomic E-state index is 0.108. The Bertz CT molecular complexity index is 422. The Morgan fingerprint density at radius 2 is 2.39 bits per heavy atom. The molecule has 1 atom stereocenters. The summed E-state index contributed by atoms with van der Waals surface area (Å²) < 4.78 is 18.4. The molecule has 98 valence electrons. The molecule has 1 unspecified atom stereocenters. The zero-order valence-corrected chi connectivity index (χ0v) is 10.6. The number of rotatable bonds is 3. The quantitative estimate of drug-likeness (QED) is 0.822. The van der Waals surface area contributed by atoms with E-state index in [0.717, 1.165) is 5.56 Å². The van der Waals surface area contributed by atoms with E-state index in [4.69, 9.17) is 4.74 Å². The van der Waals surface area contributed by atoms with Crippen molar-refractivity contribution in [1.29, 1.82) is 0 Å². The Balaban J connectivity index is 1.84. The predicted molar refractivity (Wildman–Crippen MR) is 66.7 cm³/mol. The Hall–Kier alpha value is -1.42. The number of benzene rings is 1. The van der Waals surface area contributed by atoms with Crippen LogP contribution < -0.4 is 0 Å². The molecule has 0 saturated carbocycles. The average molecular weight is 251 g/mol. The third-order valence-corrected chi connectivity index (χ3v) is 3.11. The van der Waals surface area contributed by atoms with Gasteiger partial charge in [0.1, 0.15) is 5.82 Å². The second-order valence-corrected chi connectivity index (χ2v) is 4.65. The predicted octanol–water partition coefficient (Wildman–Crippen LogP) is 2.01. The highest BCUT2D eigenvalue weighted by Gasteiger charge is 2.20. The molecule has 0 aliphatic carbocycles. The van der Waals surface area contributed by atoms with Gasteiger partial charge in [-0.1, -0.05) is 12.1 Å². The molecular weight excluding hydrogens is 233 g/mol. The second kappa shape index (κ2) is 5.96. The van der Waals surface area contributed by atoms with Gasteiger partial charge >= 0.3 is 0 Å². The first-order valence-electron chi connectivity index (χ1n) is 6.29. The van der Waals surface area contributed by atoms with E-state index in [1.807, 2.05) is 17.9 Å². The number of halogens is 1. The molecule has 1 fully saturated rings. The summed E-state index contributed by atoms with van der Waals surface area (Å²) in [4.78, 5) is 13.8. The van der Waals surface area contributed by atoms with Crippen LogP contribution in [0.2, 0.25) is 0 Å². The monoisotopic (exact) mass is 251 g/mol. The molecule has 1 aromatic carbocycles. The Morgan fingerprint density at radius 3 is 3.11 bits per heavy atom. The number of nitrogens with zero attached hydrogens (tertiary/aromatic N) is 1. The molecular formula is C14H18FNO2. The van der Waals surface area contributed by atoms with Crippen molar-refractivity contribution >= 4 is 5.91 Å². The summed E-state index contributed by atoms with van der Waals surface area (Å²) in [5, 5.41) is 0. The van der Waals surface area contributed by atoms with Gasteiger partial charge in [-0.15, -0.1) is 0 Å². The standard InChI is InChI=1S/C14H18FNO2/c1-11-10-16(7-8-18-11)14(17)6-5-12-3-2-4-13(15)9-12/h2-4,9,11H,5-8,10H2,1H3. The first-order valence-corrected chi connectivity index (χ1v) is 6.29. The minimum Gasteiger partial charge on any atom is -0.375 e. The number of hydrogen-bond acceptors (Lipinski definition) is 2. The smallest absolute Gasteiger partial charge is 0.223 e. The zero-order valence-electron chi connectivity index (χ0n) is 10.6. The second-order valence-electron chi connectivity index (χ2n) is 4.65. The van der Waals surface area contributed by atoms with E-state index < -0.39 is 0 Å². The van der Waals surface area contributed by atoms with E-state index >= 15 is 0 Å². The molecule has 1 saturated heterocycles. The van der Waals surface area contributed by atoms with Crippen molar-refractivity contribution in [2.24, 2.45) is 0 Å². The van der Waals surface area contributed by atoms with Gasteiger partial charge in [-0.25, -0.2) is 4.39 Å². The van der Waals surface area contributed by atoms with Crippen molar-refractivity contribution in [1.82, 2.24) is 4.90 Å². The molecule has 1 aliphatic heterocycles. The first kappa shape index (κ1) is 13.0. The van der Waals surface area contributed by atoms with E-state index in [0.29, 0.717) is 32.5 Å². The highest BCUT2D eigenvalue weighted by atomic mass is 19.1. The molecule has 3 nitrogen and oxygen atoms in total. The fraction of sp³-hybridized carbons (Fsp3) is 0.500. The molecule has 1 heterocycles. The van der Waals surface area contributed by atoms with Gasteiger partial charge in [-0.2, -0.15) is 0 Å². The third kappa shape index (κ3) is 3.53. The van der Waals surface area contributed by atoms with Crippen LogP contribution in [0.3, 0.4) is 0 Å². The summed E-state index contributed by atoms with van der Waals surface area (Å²) in [6.07, 6.45) is 1.12. The summed E-state index contributed by atoms with van der Waals surface area (Å²) in [5.41, 5.74) is 0.865. The maximum atomic E-state index is 13.0. The van der Waals surface area contributed by atoms with Crippen LogP contribution in [0.15, 0.2) is 24.3 Å². The Kier molecular flexibility index (Phi) is 4.31. The fourth-order valence-electron chi connectivity index (χ4n) is 2.15. The summed E-state index contributed by atoms with van der Waals surface area (Å²) >= 11 is 0. The lowest BCUT2D eigenvalue weighted by Gasteiger charge is -2.31. The normalized spacial score (nSPS) is 19.9. The number of ether oxygens (including phenoxy) is 1. The molecule has 0 bridgehead atoms. The third-order valence-electron chi connectivity index (χ3n) is 3.11. The van der Waals surface area contributed by atoms with Crippen LogP contribution in [0.4, 0.5) is 4.39 Å². The summed E-state index contributed by atoms with van der Waals surface area (Å²) in [7, 11) is 0. The van der Waals surface area contributed by atoms with Crippen molar-refractivity contribution in [3.8, 4) is 0 Å². The molecule has 1 aromatic rings. The van der Waals surface area contributed by atoms with Crippen LogP contribution in [-0.2, 0) is 16.0 Å². The molecule has 18 heavy (non-hydrogen) atoms. The summed E-state index contributed by atoms with van der Waals surface area (Å²) in [6.45, 7) is 3.88. The van der Waals surface area contributed by atoms with Crippen LogP contribution in [0, 0.1) is 5.82 Å². The minimum atomic E-state index is -0.250. The number of carbonyl (C=O) groups excluding carboxylic acids is 1. The highest BCUT2D eigenvalue weighted by molar-refractivity contribution is 5.76. The van der Waals surface area contributed by atoms with E-state index in [2.05, 4.69) is 0 Å². The molecule has 0 spiro atoms. The molecule has 2 rings (SSSR count). The lowest BCUT2D eigenvalue weighted by molar-refractivity contribution is -0.138. The maximum Gasteiger partial charge on any atom is 0.223 e. The van der Waals surface area contributed by atoms with Crippen LogP contribution in [0.25, 0.3) is 0 Å². The Morgan fingerprint density at radius 1 is 1.56 bits per heavy atom. The molecule has 1 amide bonds. The van der Waals surface area contributed by atoms with Gasteiger partial charge in [0.15, 0.2) is 0 Å². The number of hydrogen-bond donors (Lipinski definition) is 0. The first-order chi connectivity index (χ1) is 8.65. The van der Waals surface area contributed by atoms with Crippen molar-refractivity contribution in [2.75, 3.05) is 19.7 Å². The molecule has 0 N–H and O–H groups in total. The number of carbonyl (C=O) groups is 1. The van der Waals surface area contributed by atoms with Crippen molar-refractivity contribution in [2.45, 2.75) is 25.9 Å². The largest absolute Gasteiger partial charge is 0.375 e. The van der Waals surface area contributed by atoms with Crippen molar-refractivity contribution in [3.05, 3.63) is 35.6 Å². The van der Waals surface area contributed by atoms with Gasteiger partial charge < -0.3 is 9.64 Å². The van der Waals surface area contributed by atoms with Crippen LogP contribution in [0.5, 0.6) is 0 Å². The topological polar surface area (TPSA) is 29.5 Å². The van der Waals surface area contributed by atoms with Crippen LogP contribution in [0.1, 0.15) is 18.9 Å². The SMILES string of the molecule is CC1CN(C(=O)CCc2cccc(F)c2)CCO1. The van der Waals surface area contributed by atoms with E-state index in [1.165, 1.54) is 12.1 Å². The number of aryl methyl sites for hydroxylation is 1. The number of morpholine rings is 1. The van der Waals surface area contributed by atoms with Crippen LogP contribution in [-0.4, -0.2) is 36.6 Å². The lowest BCUT2D eigenvalue weighted by Crippen LogP contribution is -2.44. The van der Waals surface area contributed by atoms with E-state index in [-0.39, 0.29) is 17.8 Å². The highest BCUT2D eigenvalue weighted by Crippen LogP contribution is 2.10.